The van der Waals surface area contributed by atoms with Crippen LogP contribution in [-0.2, 0) is 12.7 Å². The molecule has 5 nitrogen and oxygen atoms in total. The van der Waals surface area contributed by atoms with Crippen LogP contribution in [0.5, 0.6) is 5.75 Å². The van der Waals surface area contributed by atoms with Gasteiger partial charge in [-0.25, -0.2) is 4.98 Å². The molecule has 4 aromatic rings. The summed E-state index contributed by atoms with van der Waals surface area (Å²) in [6, 6.07) is 12.5. The van der Waals surface area contributed by atoms with Gasteiger partial charge in [-0.1, -0.05) is 35.6 Å². The minimum Gasteiger partial charge on any atom is -0.497 e. The van der Waals surface area contributed by atoms with E-state index in [9.17, 15) is 18.0 Å². The SMILES string of the molecule is COc1cccc(CNC(=O)c2cn3cc(-c4cccc(C(F)(F)F)c4)sc3n2)c1. The lowest BCUT2D eigenvalue weighted by atomic mass is 10.1. The average molecular weight is 431 g/mol. The van der Waals surface area contributed by atoms with Gasteiger partial charge in [0, 0.05) is 18.9 Å². The van der Waals surface area contributed by atoms with Crippen LogP contribution in [-0.4, -0.2) is 22.4 Å². The van der Waals surface area contributed by atoms with Crippen molar-refractivity contribution in [2.75, 3.05) is 7.11 Å². The van der Waals surface area contributed by atoms with Crippen molar-refractivity contribution >= 4 is 22.2 Å². The fourth-order valence-electron chi connectivity index (χ4n) is 2.94. The quantitative estimate of drug-likeness (QED) is 0.483. The third-order valence-corrected chi connectivity index (χ3v) is 5.50. The van der Waals surface area contributed by atoms with E-state index in [1.54, 1.807) is 30.0 Å². The maximum atomic E-state index is 12.9. The number of carbonyl (C=O) groups is 1. The highest BCUT2D eigenvalue weighted by Gasteiger charge is 2.30. The molecule has 0 spiro atoms. The standard InChI is InChI=1S/C21H16F3N3O2S/c1-29-16-7-2-4-13(8-16)10-25-19(28)17-11-27-12-18(30-20(27)26-17)14-5-3-6-15(9-14)21(22,23)24/h2-9,11-12H,10H2,1H3,(H,25,28). The van der Waals surface area contributed by atoms with Gasteiger partial charge >= 0.3 is 6.18 Å². The number of hydrogen-bond acceptors (Lipinski definition) is 4. The topological polar surface area (TPSA) is 55.6 Å². The predicted molar refractivity (Wildman–Crippen MR) is 108 cm³/mol. The number of hydrogen-bond donors (Lipinski definition) is 1. The third kappa shape index (κ3) is 4.16. The van der Waals surface area contributed by atoms with Crippen LogP contribution in [0.3, 0.4) is 0 Å². The lowest BCUT2D eigenvalue weighted by Crippen LogP contribution is -2.23. The Morgan fingerprint density at radius 3 is 2.70 bits per heavy atom. The summed E-state index contributed by atoms with van der Waals surface area (Å²) in [5, 5.41) is 2.80. The zero-order chi connectivity index (χ0) is 21.3. The average Bonchev–Trinajstić information content (AvgIpc) is 3.31. The number of methoxy groups -OCH3 is 1. The molecule has 2 aromatic carbocycles. The number of nitrogens with zero attached hydrogens (tertiary/aromatic N) is 2. The van der Waals surface area contributed by atoms with Gasteiger partial charge < -0.3 is 10.1 Å². The first-order chi connectivity index (χ1) is 14.3. The molecule has 1 amide bonds. The van der Waals surface area contributed by atoms with Gasteiger partial charge in [0.15, 0.2) is 4.96 Å². The van der Waals surface area contributed by atoms with Crippen LogP contribution in [0.15, 0.2) is 60.9 Å². The van der Waals surface area contributed by atoms with Gasteiger partial charge in [0.25, 0.3) is 5.91 Å². The molecular weight excluding hydrogens is 415 g/mol. The molecule has 0 fully saturated rings. The van der Waals surface area contributed by atoms with Crippen LogP contribution in [0.25, 0.3) is 15.4 Å². The van der Waals surface area contributed by atoms with E-state index >= 15 is 0 Å². The number of alkyl halides is 3. The molecule has 0 bridgehead atoms. The fraction of sp³-hybridized carbons (Fsp3) is 0.143. The molecule has 30 heavy (non-hydrogen) atoms. The summed E-state index contributed by atoms with van der Waals surface area (Å²) in [7, 11) is 1.57. The van der Waals surface area contributed by atoms with Crippen molar-refractivity contribution < 1.29 is 22.7 Å². The van der Waals surface area contributed by atoms with Crippen LogP contribution >= 0.6 is 11.3 Å². The van der Waals surface area contributed by atoms with Crippen LogP contribution < -0.4 is 10.1 Å². The minimum atomic E-state index is -4.40. The molecule has 154 valence electrons. The number of aromatic nitrogens is 2. The monoisotopic (exact) mass is 431 g/mol. The summed E-state index contributed by atoms with van der Waals surface area (Å²) < 4.78 is 45.6. The molecule has 0 aliphatic heterocycles. The Bertz CT molecular complexity index is 1180. The zero-order valence-corrected chi connectivity index (χ0v) is 16.6. The maximum absolute atomic E-state index is 12.9. The van der Waals surface area contributed by atoms with Crippen LogP contribution in [0.1, 0.15) is 21.6 Å². The van der Waals surface area contributed by atoms with E-state index in [0.29, 0.717) is 27.7 Å². The van der Waals surface area contributed by atoms with Crippen molar-refractivity contribution in [3.8, 4) is 16.2 Å². The Labute approximate surface area is 173 Å². The first-order valence-corrected chi connectivity index (χ1v) is 9.72. The number of benzene rings is 2. The first-order valence-electron chi connectivity index (χ1n) is 8.91. The van der Waals surface area contributed by atoms with E-state index in [-0.39, 0.29) is 11.6 Å². The van der Waals surface area contributed by atoms with E-state index in [2.05, 4.69) is 10.3 Å². The Hall–Kier alpha value is -3.33. The second kappa shape index (κ2) is 7.83. The van der Waals surface area contributed by atoms with Gasteiger partial charge in [-0.15, -0.1) is 0 Å². The zero-order valence-electron chi connectivity index (χ0n) is 15.7. The van der Waals surface area contributed by atoms with Crippen molar-refractivity contribution in [1.29, 1.82) is 0 Å². The van der Waals surface area contributed by atoms with Crippen LogP contribution in [0, 0.1) is 0 Å². The molecule has 0 aliphatic rings. The van der Waals surface area contributed by atoms with E-state index in [0.717, 1.165) is 17.7 Å². The number of amides is 1. The number of nitrogens with one attached hydrogen (secondary N) is 1. The first kappa shape index (κ1) is 20.0. The van der Waals surface area contributed by atoms with E-state index in [1.165, 1.54) is 17.4 Å². The van der Waals surface area contributed by atoms with E-state index in [4.69, 9.17) is 4.74 Å². The number of imidazole rings is 1. The highest BCUT2D eigenvalue weighted by molar-refractivity contribution is 7.20. The van der Waals surface area contributed by atoms with Crippen LogP contribution in [0.4, 0.5) is 13.2 Å². The Balaban J connectivity index is 1.50. The summed E-state index contributed by atoms with van der Waals surface area (Å²) in [5.74, 6) is 0.362. The smallest absolute Gasteiger partial charge is 0.416 e. The molecule has 0 saturated heterocycles. The molecular formula is C21H16F3N3O2S. The molecule has 0 atom stereocenters. The van der Waals surface area contributed by atoms with Crippen molar-refractivity contribution in [2.24, 2.45) is 0 Å². The maximum Gasteiger partial charge on any atom is 0.416 e. The molecule has 0 unspecified atom stereocenters. The predicted octanol–water partition coefficient (Wildman–Crippen LogP) is 5.02. The molecule has 2 aromatic heterocycles. The summed E-state index contributed by atoms with van der Waals surface area (Å²) in [6.45, 7) is 0.316. The number of carbonyl (C=O) groups excluding carboxylic acids is 1. The highest BCUT2D eigenvalue weighted by atomic mass is 32.1. The Morgan fingerprint density at radius 1 is 1.17 bits per heavy atom. The van der Waals surface area contributed by atoms with Gasteiger partial charge in [-0.3, -0.25) is 9.20 Å². The van der Waals surface area contributed by atoms with Gasteiger partial charge in [0.1, 0.15) is 11.4 Å². The minimum absolute atomic E-state index is 0.236. The Morgan fingerprint density at radius 2 is 1.97 bits per heavy atom. The van der Waals surface area contributed by atoms with Crippen molar-refractivity contribution in [2.45, 2.75) is 12.7 Å². The fourth-order valence-corrected chi connectivity index (χ4v) is 3.91. The van der Waals surface area contributed by atoms with Crippen molar-refractivity contribution in [3.05, 3.63) is 77.7 Å². The normalized spacial score (nSPS) is 11.6. The number of rotatable bonds is 5. The lowest BCUT2D eigenvalue weighted by molar-refractivity contribution is -0.137. The molecule has 2 heterocycles. The molecule has 0 radical (unpaired) electrons. The van der Waals surface area contributed by atoms with E-state index < -0.39 is 11.7 Å². The summed E-state index contributed by atoms with van der Waals surface area (Å²) >= 11 is 1.22. The molecule has 4 rings (SSSR count). The second-order valence-electron chi connectivity index (χ2n) is 6.52. The summed E-state index contributed by atoms with van der Waals surface area (Å²) in [5.41, 5.74) is 0.864. The lowest BCUT2D eigenvalue weighted by Gasteiger charge is -2.07. The number of fused-ring (bicyclic) bond motifs is 1. The third-order valence-electron chi connectivity index (χ3n) is 4.45. The number of ether oxygens (including phenoxy) is 1. The van der Waals surface area contributed by atoms with Crippen molar-refractivity contribution in [1.82, 2.24) is 14.7 Å². The molecule has 0 saturated carbocycles. The molecule has 0 aliphatic carbocycles. The Kier molecular flexibility index (Phi) is 5.21. The van der Waals surface area contributed by atoms with E-state index in [1.807, 2.05) is 24.3 Å². The van der Waals surface area contributed by atoms with Crippen LogP contribution in [0.2, 0.25) is 0 Å². The summed E-state index contributed by atoms with van der Waals surface area (Å²) in [6.07, 6.45) is -1.17. The van der Waals surface area contributed by atoms with Gasteiger partial charge in [0.05, 0.1) is 17.6 Å². The van der Waals surface area contributed by atoms with Crippen molar-refractivity contribution in [3.63, 3.8) is 0 Å². The van der Waals surface area contributed by atoms with Gasteiger partial charge in [-0.2, -0.15) is 13.2 Å². The largest absolute Gasteiger partial charge is 0.497 e. The summed E-state index contributed by atoms with van der Waals surface area (Å²) in [4.78, 5) is 17.9. The molecule has 1 N–H and O–H groups in total. The number of thiazole rings is 1. The second-order valence-corrected chi connectivity index (χ2v) is 7.53. The number of halogens is 3. The van der Waals surface area contributed by atoms with Gasteiger partial charge in [-0.05, 0) is 35.4 Å². The molecule has 9 heteroatoms. The highest BCUT2D eigenvalue weighted by Crippen LogP contribution is 2.34. The van der Waals surface area contributed by atoms with Gasteiger partial charge in [0.2, 0.25) is 0 Å².